The molecule has 0 aliphatic rings. The SMILES string of the molecule is CC(c1nn2c(-c3ccco3)nnc2s1)n1cc([N+](=O)[O-])cn1. The molecule has 0 radical (unpaired) electrons. The van der Waals surface area contributed by atoms with Gasteiger partial charge in [-0.2, -0.15) is 14.7 Å². The Morgan fingerprint density at radius 2 is 2.30 bits per heavy atom. The van der Waals surface area contributed by atoms with E-state index in [0.717, 1.165) is 0 Å². The second-order valence-electron chi connectivity index (χ2n) is 4.75. The Bertz CT molecular complexity index is 984. The zero-order valence-electron chi connectivity index (χ0n) is 11.7. The third-order valence-corrected chi connectivity index (χ3v) is 4.37. The van der Waals surface area contributed by atoms with Crippen molar-refractivity contribution in [2.75, 3.05) is 0 Å². The van der Waals surface area contributed by atoms with E-state index < -0.39 is 4.92 Å². The predicted molar refractivity (Wildman–Crippen MR) is 79.1 cm³/mol. The molecular weight excluding hydrogens is 322 g/mol. The first-order valence-corrected chi connectivity index (χ1v) is 7.39. The van der Waals surface area contributed by atoms with E-state index in [1.54, 1.807) is 22.9 Å². The zero-order chi connectivity index (χ0) is 16.0. The van der Waals surface area contributed by atoms with Crippen molar-refractivity contribution in [3.05, 3.63) is 45.9 Å². The third-order valence-electron chi connectivity index (χ3n) is 3.30. The molecule has 1 atom stereocenters. The summed E-state index contributed by atoms with van der Waals surface area (Å²) in [4.78, 5) is 10.9. The largest absolute Gasteiger partial charge is 0.461 e. The van der Waals surface area contributed by atoms with Gasteiger partial charge in [0.25, 0.3) is 0 Å². The van der Waals surface area contributed by atoms with Crippen LogP contribution in [-0.4, -0.2) is 34.5 Å². The number of hydrogen-bond donors (Lipinski definition) is 0. The Kier molecular flexibility index (Phi) is 2.94. The molecule has 4 aromatic heterocycles. The van der Waals surface area contributed by atoms with Crippen molar-refractivity contribution in [2.24, 2.45) is 0 Å². The summed E-state index contributed by atoms with van der Waals surface area (Å²) >= 11 is 1.34. The molecule has 4 heterocycles. The second-order valence-corrected chi connectivity index (χ2v) is 5.73. The van der Waals surface area contributed by atoms with Crippen LogP contribution in [0.3, 0.4) is 0 Å². The summed E-state index contributed by atoms with van der Waals surface area (Å²) in [6.07, 6.45) is 4.14. The topological polar surface area (TPSA) is 117 Å². The van der Waals surface area contributed by atoms with Crippen LogP contribution in [0.15, 0.2) is 35.2 Å². The number of fused-ring (bicyclic) bond motifs is 1. The molecule has 0 fully saturated rings. The second kappa shape index (κ2) is 4.98. The van der Waals surface area contributed by atoms with Crippen molar-refractivity contribution in [3.63, 3.8) is 0 Å². The van der Waals surface area contributed by atoms with Gasteiger partial charge in [-0.3, -0.25) is 14.8 Å². The van der Waals surface area contributed by atoms with Crippen LogP contribution in [0.2, 0.25) is 0 Å². The van der Waals surface area contributed by atoms with Gasteiger partial charge in [-0.05, 0) is 19.1 Å². The van der Waals surface area contributed by atoms with E-state index in [2.05, 4.69) is 20.4 Å². The van der Waals surface area contributed by atoms with Crippen LogP contribution >= 0.6 is 11.3 Å². The van der Waals surface area contributed by atoms with Gasteiger partial charge in [0.05, 0.1) is 11.2 Å². The van der Waals surface area contributed by atoms with Gasteiger partial charge in [0.1, 0.15) is 23.4 Å². The maximum Gasteiger partial charge on any atom is 0.307 e. The lowest BCUT2D eigenvalue weighted by molar-refractivity contribution is -0.385. The van der Waals surface area contributed by atoms with Crippen LogP contribution < -0.4 is 0 Å². The van der Waals surface area contributed by atoms with E-state index in [1.165, 1.54) is 28.4 Å². The Labute approximate surface area is 132 Å². The summed E-state index contributed by atoms with van der Waals surface area (Å²) in [7, 11) is 0. The molecule has 4 rings (SSSR count). The summed E-state index contributed by atoms with van der Waals surface area (Å²) in [6.45, 7) is 1.86. The van der Waals surface area contributed by atoms with Crippen molar-refractivity contribution >= 4 is 22.0 Å². The van der Waals surface area contributed by atoms with Crippen molar-refractivity contribution in [1.82, 2.24) is 29.6 Å². The van der Waals surface area contributed by atoms with E-state index in [4.69, 9.17) is 4.42 Å². The summed E-state index contributed by atoms with van der Waals surface area (Å²) in [5, 5.41) is 28.1. The van der Waals surface area contributed by atoms with E-state index in [-0.39, 0.29) is 11.7 Å². The lowest BCUT2D eigenvalue weighted by atomic mass is 10.4. The molecule has 0 amide bonds. The Balaban J connectivity index is 1.72. The first-order valence-electron chi connectivity index (χ1n) is 6.58. The van der Waals surface area contributed by atoms with Gasteiger partial charge >= 0.3 is 5.69 Å². The summed E-state index contributed by atoms with van der Waals surface area (Å²) in [5.74, 6) is 1.07. The summed E-state index contributed by atoms with van der Waals surface area (Å²) in [6, 6.07) is 3.27. The van der Waals surface area contributed by atoms with Crippen molar-refractivity contribution in [1.29, 1.82) is 0 Å². The van der Waals surface area contributed by atoms with E-state index in [9.17, 15) is 10.1 Å². The number of rotatable bonds is 4. The molecule has 10 nitrogen and oxygen atoms in total. The summed E-state index contributed by atoms with van der Waals surface area (Å²) < 4.78 is 8.41. The quantitative estimate of drug-likeness (QED) is 0.415. The molecule has 116 valence electrons. The first kappa shape index (κ1) is 13.6. The van der Waals surface area contributed by atoms with E-state index >= 15 is 0 Å². The van der Waals surface area contributed by atoms with Crippen LogP contribution in [0.5, 0.6) is 0 Å². The molecule has 1 unspecified atom stereocenters. The molecule has 0 N–H and O–H groups in total. The fraction of sp³-hybridized carbons (Fsp3) is 0.167. The minimum atomic E-state index is -0.482. The molecule has 0 saturated heterocycles. The number of aromatic nitrogens is 6. The minimum Gasteiger partial charge on any atom is -0.461 e. The standard InChI is InChI=1S/C12H9N7O3S/c1-7(17-6-8(5-13-17)19(20)21)11-16-18-10(9-3-2-4-22-9)14-15-12(18)23-11/h2-7H,1H3. The normalized spacial score (nSPS) is 12.7. The molecule has 0 aliphatic heterocycles. The molecule has 0 bridgehead atoms. The van der Waals surface area contributed by atoms with Gasteiger partial charge in [0.2, 0.25) is 10.8 Å². The van der Waals surface area contributed by atoms with Crippen molar-refractivity contribution < 1.29 is 9.34 Å². The maximum absolute atomic E-state index is 10.8. The average molecular weight is 331 g/mol. The lowest BCUT2D eigenvalue weighted by Crippen LogP contribution is -2.07. The molecule has 0 aromatic carbocycles. The first-order chi connectivity index (χ1) is 11.1. The fourth-order valence-corrected chi connectivity index (χ4v) is 2.99. The highest BCUT2D eigenvalue weighted by Crippen LogP contribution is 2.27. The van der Waals surface area contributed by atoms with Gasteiger partial charge in [-0.15, -0.1) is 10.2 Å². The zero-order valence-corrected chi connectivity index (χ0v) is 12.5. The lowest BCUT2D eigenvalue weighted by Gasteiger charge is -2.06. The average Bonchev–Trinajstić information content (AvgIpc) is 3.27. The highest BCUT2D eigenvalue weighted by Gasteiger charge is 2.21. The van der Waals surface area contributed by atoms with Gasteiger partial charge in [0.15, 0.2) is 5.76 Å². The van der Waals surface area contributed by atoms with Crippen LogP contribution in [0.1, 0.15) is 18.0 Å². The molecule has 11 heteroatoms. The van der Waals surface area contributed by atoms with Gasteiger partial charge in [0, 0.05) is 0 Å². The Hall–Kier alpha value is -3.08. The number of hydrogen-bond acceptors (Lipinski definition) is 8. The Morgan fingerprint density at radius 3 is 3.00 bits per heavy atom. The van der Waals surface area contributed by atoms with Crippen molar-refractivity contribution in [3.8, 4) is 11.6 Å². The van der Waals surface area contributed by atoms with E-state index in [1.807, 2.05) is 6.92 Å². The highest BCUT2D eigenvalue weighted by atomic mass is 32.1. The van der Waals surface area contributed by atoms with Crippen LogP contribution in [0, 0.1) is 10.1 Å². The van der Waals surface area contributed by atoms with Crippen molar-refractivity contribution in [2.45, 2.75) is 13.0 Å². The number of nitro groups is 1. The molecule has 0 spiro atoms. The molecule has 4 aromatic rings. The molecular formula is C12H9N7O3S. The number of furan rings is 1. The predicted octanol–water partition coefficient (Wildman–Crippen LogP) is 2.16. The van der Waals surface area contributed by atoms with Crippen LogP contribution in [0.4, 0.5) is 5.69 Å². The fourth-order valence-electron chi connectivity index (χ4n) is 2.11. The third kappa shape index (κ3) is 2.17. The summed E-state index contributed by atoms with van der Waals surface area (Å²) in [5.41, 5.74) is -0.0591. The van der Waals surface area contributed by atoms with Gasteiger partial charge < -0.3 is 4.42 Å². The minimum absolute atomic E-state index is 0.0591. The molecule has 0 aliphatic carbocycles. The smallest absolute Gasteiger partial charge is 0.307 e. The van der Waals surface area contributed by atoms with Crippen LogP contribution in [-0.2, 0) is 0 Å². The molecule has 23 heavy (non-hydrogen) atoms. The monoisotopic (exact) mass is 331 g/mol. The Morgan fingerprint density at radius 1 is 1.43 bits per heavy atom. The van der Waals surface area contributed by atoms with E-state index in [0.29, 0.717) is 21.6 Å². The molecule has 0 saturated carbocycles. The highest BCUT2D eigenvalue weighted by molar-refractivity contribution is 7.16. The number of nitrogens with zero attached hydrogens (tertiary/aromatic N) is 7. The van der Waals surface area contributed by atoms with Gasteiger partial charge in [-0.1, -0.05) is 11.3 Å². The van der Waals surface area contributed by atoms with Gasteiger partial charge in [-0.25, -0.2) is 0 Å². The van der Waals surface area contributed by atoms with Crippen LogP contribution in [0.25, 0.3) is 16.5 Å². The maximum atomic E-state index is 10.8.